The Labute approximate surface area is 122 Å². The van der Waals surface area contributed by atoms with Gasteiger partial charge in [0.25, 0.3) is 0 Å². The number of nitrogens with zero attached hydrogens (tertiary/aromatic N) is 3. The van der Waals surface area contributed by atoms with Crippen LogP contribution in [0.15, 0.2) is 55.0 Å². The van der Waals surface area contributed by atoms with Crippen molar-refractivity contribution in [1.29, 1.82) is 0 Å². The summed E-state index contributed by atoms with van der Waals surface area (Å²) >= 11 is 0. The number of amides is 1. The lowest BCUT2D eigenvalue weighted by Gasteiger charge is -2.38. The van der Waals surface area contributed by atoms with Gasteiger partial charge in [0.15, 0.2) is 0 Å². The lowest BCUT2D eigenvalue weighted by molar-refractivity contribution is -0.121. The molecule has 0 saturated heterocycles. The minimum atomic E-state index is -0.270. The Kier molecular flexibility index (Phi) is 2.77. The van der Waals surface area contributed by atoms with Crippen molar-refractivity contribution in [3.05, 3.63) is 66.1 Å². The van der Waals surface area contributed by atoms with Gasteiger partial charge in [0.05, 0.1) is 6.04 Å². The topological polar surface area (TPSA) is 50.2 Å². The first kappa shape index (κ1) is 12.2. The fourth-order valence-electron chi connectivity index (χ4n) is 3.23. The van der Waals surface area contributed by atoms with Crippen molar-refractivity contribution in [2.24, 2.45) is 0 Å². The predicted octanol–water partition coefficient (Wildman–Crippen LogP) is 1.97. The minimum absolute atomic E-state index is 0.0852. The van der Waals surface area contributed by atoms with Crippen molar-refractivity contribution >= 4 is 5.91 Å². The third-order valence-corrected chi connectivity index (χ3v) is 4.19. The van der Waals surface area contributed by atoms with Gasteiger partial charge in [-0.15, -0.1) is 0 Å². The molecule has 4 rings (SSSR count). The van der Waals surface area contributed by atoms with E-state index < -0.39 is 0 Å². The molecule has 0 bridgehead atoms. The summed E-state index contributed by atoms with van der Waals surface area (Å²) in [5.74, 6) is -0.0852. The Morgan fingerprint density at radius 1 is 1.24 bits per heavy atom. The average Bonchev–Trinajstić information content (AvgIpc) is 3.17. The molecule has 0 saturated carbocycles. The van der Waals surface area contributed by atoms with Gasteiger partial charge in [-0.1, -0.05) is 24.3 Å². The minimum Gasteiger partial charge on any atom is -0.332 e. The van der Waals surface area contributed by atoms with E-state index in [1.165, 1.54) is 11.1 Å². The molecule has 1 aromatic heterocycles. The van der Waals surface area contributed by atoms with Crippen molar-refractivity contribution in [1.82, 2.24) is 20.0 Å². The highest BCUT2D eigenvalue weighted by atomic mass is 16.2. The highest BCUT2D eigenvalue weighted by Gasteiger charge is 2.33. The fourth-order valence-corrected chi connectivity index (χ4v) is 3.23. The SMILES string of the molecule is O=C1C=CN([C@H]2CCc3ccccc32)C(n2cccn2)N1. The van der Waals surface area contributed by atoms with E-state index in [2.05, 4.69) is 39.6 Å². The van der Waals surface area contributed by atoms with Gasteiger partial charge in [0, 0.05) is 24.7 Å². The third-order valence-electron chi connectivity index (χ3n) is 4.19. The summed E-state index contributed by atoms with van der Waals surface area (Å²) in [6.45, 7) is 0. The van der Waals surface area contributed by atoms with E-state index in [9.17, 15) is 4.79 Å². The van der Waals surface area contributed by atoms with Crippen molar-refractivity contribution in [2.75, 3.05) is 0 Å². The maximum absolute atomic E-state index is 11.7. The molecule has 2 atom stereocenters. The lowest BCUT2D eigenvalue weighted by atomic mass is 10.1. The van der Waals surface area contributed by atoms with Crippen LogP contribution in [0.25, 0.3) is 0 Å². The van der Waals surface area contributed by atoms with E-state index in [1.54, 1.807) is 17.0 Å². The van der Waals surface area contributed by atoms with Crippen LogP contribution in [0.5, 0.6) is 0 Å². The van der Waals surface area contributed by atoms with Crippen LogP contribution in [0, 0.1) is 0 Å². The highest BCUT2D eigenvalue weighted by Crippen LogP contribution is 2.38. The summed E-state index contributed by atoms with van der Waals surface area (Å²) in [5.41, 5.74) is 2.74. The summed E-state index contributed by atoms with van der Waals surface area (Å²) in [6.07, 6.45) is 8.93. The first-order valence-electron chi connectivity index (χ1n) is 7.16. The summed E-state index contributed by atoms with van der Waals surface area (Å²) < 4.78 is 1.78. The molecule has 1 aromatic carbocycles. The van der Waals surface area contributed by atoms with Crippen LogP contribution in [0.4, 0.5) is 0 Å². The molecule has 1 unspecified atom stereocenters. The first-order chi connectivity index (χ1) is 10.3. The number of rotatable bonds is 2. The summed E-state index contributed by atoms with van der Waals surface area (Å²) in [7, 11) is 0. The largest absolute Gasteiger partial charge is 0.332 e. The number of hydrogen-bond donors (Lipinski definition) is 1. The Morgan fingerprint density at radius 3 is 3.00 bits per heavy atom. The molecule has 1 amide bonds. The highest BCUT2D eigenvalue weighted by molar-refractivity contribution is 5.88. The van der Waals surface area contributed by atoms with Gasteiger partial charge in [0.2, 0.25) is 12.2 Å². The molecular weight excluding hydrogens is 264 g/mol. The number of fused-ring (bicyclic) bond motifs is 1. The summed E-state index contributed by atoms with van der Waals surface area (Å²) in [6, 6.07) is 10.7. The van der Waals surface area contributed by atoms with E-state index in [0.29, 0.717) is 0 Å². The quantitative estimate of drug-likeness (QED) is 0.915. The molecule has 1 aliphatic heterocycles. The maximum Gasteiger partial charge on any atom is 0.248 e. The summed E-state index contributed by atoms with van der Waals surface area (Å²) in [5, 5.41) is 7.26. The average molecular weight is 280 g/mol. The van der Waals surface area contributed by atoms with E-state index >= 15 is 0 Å². The zero-order chi connectivity index (χ0) is 14.2. The van der Waals surface area contributed by atoms with Gasteiger partial charge >= 0.3 is 0 Å². The van der Waals surface area contributed by atoms with Gasteiger partial charge < -0.3 is 10.2 Å². The molecule has 1 aliphatic carbocycles. The van der Waals surface area contributed by atoms with Gasteiger partial charge in [-0.05, 0) is 30.0 Å². The second-order valence-corrected chi connectivity index (χ2v) is 5.38. The van der Waals surface area contributed by atoms with Crippen LogP contribution < -0.4 is 5.32 Å². The number of carbonyl (C=O) groups is 1. The molecule has 2 aromatic rings. The number of hydrogen-bond acceptors (Lipinski definition) is 3. The predicted molar refractivity (Wildman–Crippen MR) is 77.9 cm³/mol. The number of aryl methyl sites for hydroxylation is 1. The van der Waals surface area contributed by atoms with Crippen LogP contribution in [0.2, 0.25) is 0 Å². The van der Waals surface area contributed by atoms with Gasteiger partial charge in [-0.2, -0.15) is 5.10 Å². The molecule has 0 spiro atoms. The molecule has 2 aliphatic rings. The molecular formula is C16H16N4O. The van der Waals surface area contributed by atoms with Crippen LogP contribution in [-0.2, 0) is 11.2 Å². The van der Waals surface area contributed by atoms with Gasteiger partial charge in [-0.3, -0.25) is 4.79 Å². The van der Waals surface area contributed by atoms with Crippen molar-refractivity contribution in [2.45, 2.75) is 25.2 Å². The standard InChI is InChI=1S/C16H16N4O/c21-15-8-11-19(16(18-15)20-10-3-9-17-20)14-7-6-12-4-1-2-5-13(12)14/h1-5,8-11,14,16H,6-7H2,(H,18,21)/t14-,16?/m0/s1. The normalized spacial score (nSPS) is 24.0. The first-order valence-corrected chi connectivity index (χ1v) is 7.16. The van der Waals surface area contributed by atoms with Crippen molar-refractivity contribution in [3.63, 3.8) is 0 Å². The molecule has 0 radical (unpaired) electrons. The van der Waals surface area contributed by atoms with Crippen molar-refractivity contribution in [3.8, 4) is 0 Å². The van der Waals surface area contributed by atoms with Gasteiger partial charge in [0.1, 0.15) is 0 Å². The Morgan fingerprint density at radius 2 is 2.14 bits per heavy atom. The van der Waals surface area contributed by atoms with E-state index in [4.69, 9.17) is 0 Å². The van der Waals surface area contributed by atoms with Crippen LogP contribution in [-0.4, -0.2) is 20.6 Å². The monoisotopic (exact) mass is 280 g/mol. The number of nitrogens with one attached hydrogen (secondary N) is 1. The Bertz CT molecular complexity index is 692. The summed E-state index contributed by atoms with van der Waals surface area (Å²) in [4.78, 5) is 13.9. The molecule has 21 heavy (non-hydrogen) atoms. The maximum atomic E-state index is 11.7. The zero-order valence-electron chi connectivity index (χ0n) is 11.5. The van der Waals surface area contributed by atoms with E-state index in [1.807, 2.05) is 18.5 Å². The second kappa shape index (κ2) is 4.77. The van der Waals surface area contributed by atoms with Crippen LogP contribution >= 0.6 is 0 Å². The lowest BCUT2D eigenvalue weighted by Crippen LogP contribution is -2.46. The van der Waals surface area contributed by atoms with Crippen molar-refractivity contribution < 1.29 is 4.79 Å². The number of benzene rings is 1. The van der Waals surface area contributed by atoms with E-state index in [-0.39, 0.29) is 18.2 Å². The van der Waals surface area contributed by atoms with E-state index in [0.717, 1.165) is 12.8 Å². The van der Waals surface area contributed by atoms with Crippen LogP contribution in [0.3, 0.4) is 0 Å². The zero-order valence-corrected chi connectivity index (χ0v) is 11.5. The molecule has 5 nitrogen and oxygen atoms in total. The Balaban J connectivity index is 1.73. The van der Waals surface area contributed by atoms with Gasteiger partial charge in [-0.25, -0.2) is 4.68 Å². The molecule has 0 fully saturated rings. The molecule has 2 heterocycles. The third kappa shape index (κ3) is 2.01. The Hall–Kier alpha value is -2.56. The molecule has 5 heteroatoms. The second-order valence-electron chi connectivity index (χ2n) is 5.38. The number of aromatic nitrogens is 2. The van der Waals surface area contributed by atoms with Crippen LogP contribution in [0.1, 0.15) is 29.9 Å². The number of carbonyl (C=O) groups excluding carboxylic acids is 1. The smallest absolute Gasteiger partial charge is 0.248 e. The molecule has 106 valence electrons. The molecule has 1 N–H and O–H groups in total. The fraction of sp³-hybridized carbons (Fsp3) is 0.250.